The predicted molar refractivity (Wildman–Crippen MR) is 72.2 cm³/mol. The van der Waals surface area contributed by atoms with Crippen molar-refractivity contribution >= 4 is 27.3 Å². The van der Waals surface area contributed by atoms with Crippen LogP contribution in [0.1, 0.15) is 22.0 Å². The number of thiophene rings is 1. The van der Waals surface area contributed by atoms with E-state index in [2.05, 4.69) is 21.4 Å². The first-order valence-corrected chi connectivity index (χ1v) is 6.92. The summed E-state index contributed by atoms with van der Waals surface area (Å²) in [6, 6.07) is 3.14. The number of hydrazine groups is 1. The first kappa shape index (κ1) is 14.5. The lowest BCUT2D eigenvalue weighted by Crippen LogP contribution is -2.29. The zero-order valence-electron chi connectivity index (χ0n) is 9.81. The van der Waals surface area contributed by atoms with Gasteiger partial charge in [-0.25, -0.2) is 18.6 Å². The molecule has 0 fully saturated rings. The van der Waals surface area contributed by atoms with Gasteiger partial charge < -0.3 is 0 Å². The molecule has 0 spiro atoms. The van der Waals surface area contributed by atoms with Gasteiger partial charge in [0.15, 0.2) is 17.5 Å². The van der Waals surface area contributed by atoms with Crippen LogP contribution in [0.25, 0.3) is 0 Å². The van der Waals surface area contributed by atoms with Gasteiger partial charge in [-0.2, -0.15) is 0 Å². The molecule has 0 aliphatic rings. The van der Waals surface area contributed by atoms with Crippen molar-refractivity contribution in [1.82, 2.24) is 5.43 Å². The summed E-state index contributed by atoms with van der Waals surface area (Å²) in [7, 11) is 0. The molecule has 0 amide bonds. The summed E-state index contributed by atoms with van der Waals surface area (Å²) >= 11 is 4.70. The maximum Gasteiger partial charge on any atom is 0.194 e. The largest absolute Gasteiger partial charge is 0.271 e. The minimum Gasteiger partial charge on any atom is -0.271 e. The van der Waals surface area contributed by atoms with E-state index in [4.69, 9.17) is 5.84 Å². The van der Waals surface area contributed by atoms with E-state index in [0.29, 0.717) is 4.88 Å². The first-order chi connectivity index (χ1) is 8.95. The second-order valence-electron chi connectivity index (χ2n) is 3.97. The molecule has 1 heterocycles. The molecule has 0 bridgehead atoms. The molecular formula is C12H10BrF3N2S. The Morgan fingerprint density at radius 2 is 1.95 bits per heavy atom. The van der Waals surface area contributed by atoms with Crippen LogP contribution in [-0.2, 0) is 0 Å². The third-order valence-corrected chi connectivity index (χ3v) is 4.90. The zero-order chi connectivity index (χ0) is 14.2. The van der Waals surface area contributed by atoms with E-state index in [1.807, 2.05) is 6.92 Å². The van der Waals surface area contributed by atoms with Gasteiger partial charge in [-0.3, -0.25) is 5.84 Å². The maximum atomic E-state index is 13.8. The SMILES string of the molecule is Cc1cc(C(NN)c2ccc(F)c(F)c2F)sc1Br. The smallest absolute Gasteiger partial charge is 0.194 e. The van der Waals surface area contributed by atoms with Crippen molar-refractivity contribution in [2.24, 2.45) is 5.84 Å². The normalized spacial score (nSPS) is 12.7. The molecule has 19 heavy (non-hydrogen) atoms. The highest BCUT2D eigenvalue weighted by Crippen LogP contribution is 2.35. The minimum absolute atomic E-state index is 0.0323. The lowest BCUT2D eigenvalue weighted by atomic mass is 10.0. The number of nitrogens with two attached hydrogens (primary N) is 1. The van der Waals surface area contributed by atoms with Gasteiger partial charge in [0.05, 0.1) is 9.83 Å². The van der Waals surface area contributed by atoms with Crippen LogP contribution < -0.4 is 11.3 Å². The van der Waals surface area contributed by atoms with Gasteiger partial charge in [-0.05, 0) is 40.5 Å². The van der Waals surface area contributed by atoms with E-state index < -0.39 is 23.5 Å². The molecule has 0 aliphatic heterocycles. The number of hydrogen-bond acceptors (Lipinski definition) is 3. The fourth-order valence-electron chi connectivity index (χ4n) is 1.71. The van der Waals surface area contributed by atoms with E-state index in [0.717, 1.165) is 15.4 Å². The van der Waals surface area contributed by atoms with Crippen molar-refractivity contribution in [3.63, 3.8) is 0 Å². The summed E-state index contributed by atoms with van der Waals surface area (Å²) in [5.41, 5.74) is 3.35. The summed E-state index contributed by atoms with van der Waals surface area (Å²) in [5.74, 6) is 1.46. The third-order valence-electron chi connectivity index (χ3n) is 2.70. The van der Waals surface area contributed by atoms with Crippen molar-refractivity contribution in [2.75, 3.05) is 0 Å². The highest BCUT2D eigenvalue weighted by atomic mass is 79.9. The number of halogens is 4. The first-order valence-electron chi connectivity index (χ1n) is 5.31. The number of nitrogens with one attached hydrogen (secondary N) is 1. The molecule has 3 N–H and O–H groups in total. The Hall–Kier alpha value is -0.890. The molecule has 1 aromatic carbocycles. The Morgan fingerprint density at radius 3 is 2.47 bits per heavy atom. The monoisotopic (exact) mass is 350 g/mol. The standard InChI is InChI=1S/C12H10BrF3N2S/c1-5-4-8(19-12(5)13)11(18-17)6-2-3-7(14)10(16)9(6)15/h2-4,11,18H,17H2,1H3. The number of rotatable bonds is 3. The van der Waals surface area contributed by atoms with E-state index >= 15 is 0 Å². The van der Waals surface area contributed by atoms with Crippen LogP contribution in [0.15, 0.2) is 22.0 Å². The molecule has 1 unspecified atom stereocenters. The topological polar surface area (TPSA) is 38.0 Å². The van der Waals surface area contributed by atoms with Gasteiger partial charge in [0.2, 0.25) is 0 Å². The summed E-state index contributed by atoms with van der Waals surface area (Å²) in [6.07, 6.45) is 0. The van der Waals surface area contributed by atoms with Crippen LogP contribution in [0.4, 0.5) is 13.2 Å². The highest BCUT2D eigenvalue weighted by Gasteiger charge is 2.23. The second kappa shape index (κ2) is 5.62. The van der Waals surface area contributed by atoms with Crippen LogP contribution in [-0.4, -0.2) is 0 Å². The average Bonchev–Trinajstić information content (AvgIpc) is 2.70. The van der Waals surface area contributed by atoms with Crippen LogP contribution >= 0.6 is 27.3 Å². The van der Waals surface area contributed by atoms with Crippen molar-refractivity contribution in [2.45, 2.75) is 13.0 Å². The summed E-state index contributed by atoms with van der Waals surface area (Å²) in [4.78, 5) is 0.705. The van der Waals surface area contributed by atoms with Gasteiger partial charge in [-0.15, -0.1) is 11.3 Å². The quantitative estimate of drug-likeness (QED) is 0.502. The Labute approximate surface area is 120 Å². The van der Waals surface area contributed by atoms with E-state index in [9.17, 15) is 13.2 Å². The molecule has 0 aliphatic carbocycles. The number of hydrogen-bond donors (Lipinski definition) is 2. The molecule has 0 saturated carbocycles. The van der Waals surface area contributed by atoms with Gasteiger partial charge in [0.25, 0.3) is 0 Å². The van der Waals surface area contributed by atoms with E-state index in [1.54, 1.807) is 6.07 Å². The van der Waals surface area contributed by atoms with Crippen LogP contribution in [0.3, 0.4) is 0 Å². The van der Waals surface area contributed by atoms with Crippen LogP contribution in [0.5, 0.6) is 0 Å². The molecular weight excluding hydrogens is 341 g/mol. The fourth-order valence-corrected chi connectivity index (χ4v) is 3.37. The van der Waals surface area contributed by atoms with Gasteiger partial charge in [0, 0.05) is 10.4 Å². The minimum atomic E-state index is -1.50. The average molecular weight is 351 g/mol. The van der Waals surface area contributed by atoms with Crippen LogP contribution in [0.2, 0.25) is 0 Å². The van der Waals surface area contributed by atoms with Gasteiger partial charge in [-0.1, -0.05) is 6.07 Å². The Bertz CT molecular complexity index is 596. The third kappa shape index (κ3) is 2.69. The van der Waals surface area contributed by atoms with Gasteiger partial charge >= 0.3 is 0 Å². The lowest BCUT2D eigenvalue weighted by Gasteiger charge is -2.15. The summed E-state index contributed by atoms with van der Waals surface area (Å²) in [5, 5.41) is 0. The highest BCUT2D eigenvalue weighted by molar-refractivity contribution is 9.11. The molecule has 102 valence electrons. The van der Waals surface area contributed by atoms with Crippen molar-refractivity contribution in [3.05, 3.63) is 55.4 Å². The number of aryl methyl sites for hydroxylation is 1. The van der Waals surface area contributed by atoms with Gasteiger partial charge in [0.1, 0.15) is 0 Å². The molecule has 7 heteroatoms. The Kier molecular flexibility index (Phi) is 4.29. The van der Waals surface area contributed by atoms with E-state index in [1.165, 1.54) is 17.4 Å². The Morgan fingerprint density at radius 1 is 1.26 bits per heavy atom. The molecule has 0 radical (unpaired) electrons. The molecule has 2 aromatic rings. The summed E-state index contributed by atoms with van der Waals surface area (Å²) < 4.78 is 40.8. The molecule has 2 rings (SSSR count). The second-order valence-corrected chi connectivity index (χ2v) is 6.37. The van der Waals surface area contributed by atoms with Crippen molar-refractivity contribution in [1.29, 1.82) is 0 Å². The van der Waals surface area contributed by atoms with Crippen LogP contribution in [0, 0.1) is 24.4 Å². The predicted octanol–water partition coefficient (Wildman–Crippen LogP) is 3.79. The molecule has 2 nitrogen and oxygen atoms in total. The Balaban J connectivity index is 2.51. The van der Waals surface area contributed by atoms with Crippen molar-refractivity contribution in [3.8, 4) is 0 Å². The lowest BCUT2D eigenvalue weighted by molar-refractivity contribution is 0.434. The molecule has 1 atom stereocenters. The fraction of sp³-hybridized carbons (Fsp3) is 0.167. The zero-order valence-corrected chi connectivity index (χ0v) is 12.2. The maximum absolute atomic E-state index is 13.8. The van der Waals surface area contributed by atoms with E-state index in [-0.39, 0.29) is 5.56 Å². The summed E-state index contributed by atoms with van der Waals surface area (Å²) in [6.45, 7) is 1.87. The number of benzene rings is 1. The molecule has 0 saturated heterocycles. The van der Waals surface area contributed by atoms with Crippen molar-refractivity contribution < 1.29 is 13.2 Å². The molecule has 1 aromatic heterocycles.